The van der Waals surface area contributed by atoms with E-state index in [0.717, 1.165) is 11.1 Å². The maximum atomic E-state index is 9.22. The Morgan fingerprint density at radius 3 is 2.27 bits per heavy atom. The van der Waals surface area contributed by atoms with Crippen LogP contribution in [0.3, 0.4) is 0 Å². The Morgan fingerprint density at radius 2 is 1.73 bits per heavy atom. The third-order valence-electron chi connectivity index (χ3n) is 1.96. The van der Waals surface area contributed by atoms with Crippen LogP contribution in [0.5, 0.6) is 0 Å². The second-order valence-corrected chi connectivity index (χ2v) is 3.20. The molecule has 0 aromatic heterocycles. The first-order valence-electron chi connectivity index (χ1n) is 4.62. The van der Waals surface area contributed by atoms with E-state index in [4.69, 9.17) is 5.11 Å². The molecule has 2 nitrogen and oxygen atoms in total. The summed E-state index contributed by atoms with van der Waals surface area (Å²) in [6.07, 6.45) is 3.08. The van der Waals surface area contributed by atoms with Gasteiger partial charge in [-0.3, -0.25) is 0 Å². The molecule has 0 unspecified atom stereocenters. The predicted octanol–water partition coefficient (Wildman–Crippen LogP) is 3.60. The minimum atomic E-state index is -0.146. The fourth-order valence-corrected chi connectivity index (χ4v) is 1.05. The Morgan fingerprint density at radius 1 is 1.13 bits per heavy atom. The number of benzene rings is 1. The molecule has 0 aliphatic heterocycles. The quantitative estimate of drug-likeness (QED) is 0.580. The average Bonchev–Trinajstić information content (AvgIpc) is 2.26. The summed E-state index contributed by atoms with van der Waals surface area (Å²) in [5.74, 6) is -0.251. The molecule has 15 heavy (non-hydrogen) atoms. The molecule has 0 atom stereocenters. The largest absolute Gasteiger partial charge is 0.509 e. The van der Waals surface area contributed by atoms with E-state index in [0.29, 0.717) is 0 Å². The molecule has 0 aliphatic carbocycles. The highest BCUT2D eigenvalue weighted by molar-refractivity contribution is 5.72. The van der Waals surface area contributed by atoms with Gasteiger partial charge in [-0.05, 0) is 24.1 Å². The zero-order valence-corrected chi connectivity index (χ0v) is 8.64. The fraction of sp³-hybridized carbons (Fsp3) is 0.0769. The van der Waals surface area contributed by atoms with Crippen molar-refractivity contribution >= 4 is 5.57 Å². The van der Waals surface area contributed by atoms with Gasteiger partial charge >= 0.3 is 0 Å². The lowest BCUT2D eigenvalue weighted by atomic mass is 10.1. The van der Waals surface area contributed by atoms with Gasteiger partial charge in [0.05, 0.1) is 0 Å². The molecule has 0 heterocycles. The summed E-state index contributed by atoms with van der Waals surface area (Å²) in [7, 11) is 0. The molecule has 0 saturated carbocycles. The van der Waals surface area contributed by atoms with E-state index < -0.39 is 0 Å². The molecule has 0 bridgehead atoms. The number of aliphatic hydroxyl groups is 2. The zero-order valence-electron chi connectivity index (χ0n) is 8.64. The second kappa shape index (κ2) is 5.05. The minimum absolute atomic E-state index is 0.105. The first-order valence-corrected chi connectivity index (χ1v) is 4.62. The second-order valence-electron chi connectivity index (χ2n) is 3.20. The molecule has 1 aromatic rings. The standard InChI is InChI=1S/C13H14O2/c1-10(8-9-13(15)11(2)14)12-6-4-3-5-7-12/h3-9,14-15H,1H2,2H3/b9-8-,13-11-. The molecule has 0 fully saturated rings. The van der Waals surface area contributed by atoms with Crippen LogP contribution in [0.15, 0.2) is 60.6 Å². The summed E-state index contributed by atoms with van der Waals surface area (Å²) < 4.78 is 0. The third kappa shape index (κ3) is 3.35. The normalized spacial score (nSPS) is 12.6. The summed E-state index contributed by atoms with van der Waals surface area (Å²) in [6, 6.07) is 9.62. The molecule has 2 N–H and O–H groups in total. The van der Waals surface area contributed by atoms with Gasteiger partial charge in [0.2, 0.25) is 0 Å². The number of rotatable bonds is 3. The van der Waals surface area contributed by atoms with Crippen molar-refractivity contribution in [3.8, 4) is 0 Å². The van der Waals surface area contributed by atoms with Crippen molar-refractivity contribution in [3.63, 3.8) is 0 Å². The molecule has 1 aromatic carbocycles. The van der Waals surface area contributed by atoms with Crippen LogP contribution in [0, 0.1) is 0 Å². The number of aliphatic hydroxyl groups excluding tert-OH is 2. The first kappa shape index (κ1) is 11.1. The lowest BCUT2D eigenvalue weighted by Gasteiger charge is -1.99. The summed E-state index contributed by atoms with van der Waals surface area (Å²) >= 11 is 0. The maximum Gasteiger partial charge on any atom is 0.152 e. The van der Waals surface area contributed by atoms with Crippen LogP contribution in [0.4, 0.5) is 0 Å². The Balaban J connectivity index is 2.78. The van der Waals surface area contributed by atoms with Crippen LogP contribution in [-0.2, 0) is 0 Å². The number of allylic oxidation sites excluding steroid dienone is 4. The fourth-order valence-electron chi connectivity index (χ4n) is 1.05. The lowest BCUT2D eigenvalue weighted by molar-refractivity contribution is 0.340. The van der Waals surface area contributed by atoms with Crippen molar-refractivity contribution in [2.45, 2.75) is 6.92 Å². The van der Waals surface area contributed by atoms with Crippen LogP contribution < -0.4 is 0 Å². The van der Waals surface area contributed by atoms with Gasteiger partial charge in [-0.1, -0.05) is 43.0 Å². The van der Waals surface area contributed by atoms with Crippen molar-refractivity contribution in [3.05, 3.63) is 66.1 Å². The van der Waals surface area contributed by atoms with Gasteiger partial charge in [-0.25, -0.2) is 0 Å². The predicted molar refractivity (Wildman–Crippen MR) is 62.6 cm³/mol. The van der Waals surface area contributed by atoms with Crippen molar-refractivity contribution < 1.29 is 10.2 Å². The molecule has 0 amide bonds. The van der Waals surface area contributed by atoms with Crippen molar-refractivity contribution in [2.75, 3.05) is 0 Å². The topological polar surface area (TPSA) is 40.5 Å². The van der Waals surface area contributed by atoms with Crippen LogP contribution in [0.25, 0.3) is 5.57 Å². The molecular formula is C13H14O2. The SMILES string of the molecule is C=C(/C=C\C(O)=C(/C)O)c1ccccc1. The van der Waals surface area contributed by atoms with Gasteiger partial charge < -0.3 is 10.2 Å². The van der Waals surface area contributed by atoms with E-state index >= 15 is 0 Å². The Labute approximate surface area is 89.5 Å². The minimum Gasteiger partial charge on any atom is -0.509 e. The van der Waals surface area contributed by atoms with E-state index in [1.54, 1.807) is 6.08 Å². The lowest BCUT2D eigenvalue weighted by Crippen LogP contribution is -1.82. The summed E-state index contributed by atoms with van der Waals surface area (Å²) in [5.41, 5.74) is 1.76. The van der Waals surface area contributed by atoms with E-state index in [9.17, 15) is 5.11 Å². The third-order valence-corrected chi connectivity index (χ3v) is 1.96. The summed E-state index contributed by atoms with van der Waals surface area (Å²) in [5, 5.41) is 18.2. The monoisotopic (exact) mass is 202 g/mol. The van der Waals surface area contributed by atoms with Gasteiger partial charge in [0.25, 0.3) is 0 Å². The van der Waals surface area contributed by atoms with Crippen molar-refractivity contribution in [2.24, 2.45) is 0 Å². The number of hydrogen-bond acceptors (Lipinski definition) is 2. The van der Waals surface area contributed by atoms with Crippen LogP contribution in [0.2, 0.25) is 0 Å². The zero-order chi connectivity index (χ0) is 11.3. The van der Waals surface area contributed by atoms with E-state index in [1.807, 2.05) is 30.3 Å². The Bertz CT molecular complexity index is 396. The molecule has 78 valence electrons. The number of hydrogen-bond donors (Lipinski definition) is 2. The molecule has 2 heteroatoms. The first-order chi connectivity index (χ1) is 7.11. The van der Waals surface area contributed by atoms with Gasteiger partial charge in [0, 0.05) is 0 Å². The van der Waals surface area contributed by atoms with E-state index in [-0.39, 0.29) is 11.5 Å². The van der Waals surface area contributed by atoms with Crippen LogP contribution >= 0.6 is 0 Å². The van der Waals surface area contributed by atoms with Crippen LogP contribution in [-0.4, -0.2) is 10.2 Å². The van der Waals surface area contributed by atoms with Gasteiger partial charge in [-0.2, -0.15) is 0 Å². The average molecular weight is 202 g/mol. The molecule has 1 rings (SSSR count). The molecule has 0 radical (unpaired) electrons. The molecule has 0 spiro atoms. The summed E-state index contributed by atoms with van der Waals surface area (Å²) in [6.45, 7) is 5.28. The highest BCUT2D eigenvalue weighted by Crippen LogP contribution is 2.13. The summed E-state index contributed by atoms with van der Waals surface area (Å²) in [4.78, 5) is 0. The van der Waals surface area contributed by atoms with Gasteiger partial charge in [0.1, 0.15) is 5.76 Å². The highest BCUT2D eigenvalue weighted by atomic mass is 16.3. The molecule has 0 saturated heterocycles. The van der Waals surface area contributed by atoms with E-state index in [2.05, 4.69) is 6.58 Å². The molecular weight excluding hydrogens is 188 g/mol. The Kier molecular flexibility index (Phi) is 3.75. The highest BCUT2D eigenvalue weighted by Gasteiger charge is 1.95. The molecule has 0 aliphatic rings. The Hall–Kier alpha value is -1.96. The van der Waals surface area contributed by atoms with Gasteiger partial charge in [0.15, 0.2) is 5.76 Å². The van der Waals surface area contributed by atoms with Crippen molar-refractivity contribution in [1.29, 1.82) is 0 Å². The smallest absolute Gasteiger partial charge is 0.152 e. The van der Waals surface area contributed by atoms with Crippen molar-refractivity contribution in [1.82, 2.24) is 0 Å². The van der Waals surface area contributed by atoms with Gasteiger partial charge in [-0.15, -0.1) is 0 Å². The van der Waals surface area contributed by atoms with Crippen LogP contribution in [0.1, 0.15) is 12.5 Å². The maximum absolute atomic E-state index is 9.22. The van der Waals surface area contributed by atoms with E-state index in [1.165, 1.54) is 13.0 Å².